The highest BCUT2D eigenvalue weighted by atomic mass is 31.2. The number of esters is 1. The zero-order valence-corrected chi connectivity index (χ0v) is 10.3. The summed E-state index contributed by atoms with van der Waals surface area (Å²) in [6, 6.07) is 0. The molecule has 90 valence electrons. The Morgan fingerprint density at radius 1 is 1.40 bits per heavy atom. The van der Waals surface area contributed by atoms with Crippen LogP contribution in [0, 0.1) is 5.41 Å². The van der Waals surface area contributed by atoms with E-state index in [-0.39, 0.29) is 0 Å². The number of unbranched alkanes of at least 4 members (excludes halogenated alkanes) is 1. The number of hydrogen-bond donors (Lipinski definition) is 2. The molecule has 0 bridgehead atoms. The molecular weight excluding hydrogens is 219 g/mol. The van der Waals surface area contributed by atoms with Gasteiger partial charge in [0.1, 0.15) is 0 Å². The van der Waals surface area contributed by atoms with E-state index in [4.69, 9.17) is 14.5 Å². The summed E-state index contributed by atoms with van der Waals surface area (Å²) < 4.78 is 15.7. The van der Waals surface area contributed by atoms with Gasteiger partial charge < -0.3 is 14.5 Å². The normalized spacial score (nSPS) is 12.6. The first-order chi connectivity index (χ1) is 6.69. The quantitative estimate of drug-likeness (QED) is 0.416. The zero-order chi connectivity index (χ0) is 12.1. The summed E-state index contributed by atoms with van der Waals surface area (Å²) in [6.07, 6.45) is 1.19. The molecule has 0 saturated heterocycles. The number of hydrogen-bond acceptors (Lipinski definition) is 3. The van der Waals surface area contributed by atoms with E-state index in [1.165, 1.54) is 13.8 Å². The standard InChI is InChI=1S/C9H19O5P/c1-4-5-6-14-8(10)9(2,3)7-15(11,12)13/h4-7H2,1-3H3,(H2,11,12,13). The molecule has 5 nitrogen and oxygen atoms in total. The van der Waals surface area contributed by atoms with Crippen LogP contribution in [0.1, 0.15) is 33.6 Å². The molecule has 0 heterocycles. The Morgan fingerprint density at radius 3 is 2.33 bits per heavy atom. The highest BCUT2D eigenvalue weighted by Crippen LogP contribution is 2.42. The Labute approximate surface area is 90.0 Å². The number of ether oxygens (including phenoxy) is 1. The summed E-state index contributed by atoms with van der Waals surface area (Å²) in [5.74, 6) is -0.556. The van der Waals surface area contributed by atoms with Gasteiger partial charge in [0.15, 0.2) is 0 Å². The van der Waals surface area contributed by atoms with Crippen LogP contribution < -0.4 is 0 Å². The molecule has 0 aliphatic heterocycles. The van der Waals surface area contributed by atoms with Crippen molar-refractivity contribution in [3.8, 4) is 0 Å². The molecule has 15 heavy (non-hydrogen) atoms. The largest absolute Gasteiger partial charge is 0.465 e. The van der Waals surface area contributed by atoms with Crippen molar-refractivity contribution in [2.24, 2.45) is 5.41 Å². The molecule has 0 aromatic carbocycles. The monoisotopic (exact) mass is 238 g/mol. The van der Waals surface area contributed by atoms with Crippen molar-refractivity contribution in [1.29, 1.82) is 0 Å². The summed E-state index contributed by atoms with van der Waals surface area (Å²) in [5.41, 5.74) is -1.13. The average Bonchev–Trinajstić information content (AvgIpc) is 2.00. The molecule has 0 aliphatic rings. The van der Waals surface area contributed by atoms with Gasteiger partial charge in [-0.25, -0.2) is 0 Å². The third-order valence-corrected chi connectivity index (χ3v) is 3.09. The molecule has 0 amide bonds. The molecule has 0 fully saturated rings. The topological polar surface area (TPSA) is 83.8 Å². The van der Waals surface area contributed by atoms with Gasteiger partial charge in [-0.15, -0.1) is 0 Å². The van der Waals surface area contributed by atoms with Gasteiger partial charge in [0.2, 0.25) is 0 Å². The van der Waals surface area contributed by atoms with Crippen molar-refractivity contribution in [3.05, 3.63) is 0 Å². The number of rotatable bonds is 6. The molecule has 0 aromatic heterocycles. The second kappa shape index (κ2) is 5.64. The van der Waals surface area contributed by atoms with Crippen LogP contribution in [0.4, 0.5) is 0 Å². The second-order valence-corrected chi connectivity index (χ2v) is 5.84. The zero-order valence-electron chi connectivity index (χ0n) is 9.39. The second-order valence-electron chi connectivity index (χ2n) is 4.20. The molecule has 6 heteroatoms. The van der Waals surface area contributed by atoms with E-state index >= 15 is 0 Å². The summed E-state index contributed by atoms with van der Waals surface area (Å²) in [4.78, 5) is 29.0. The van der Waals surface area contributed by atoms with E-state index < -0.39 is 25.1 Å². The first kappa shape index (κ1) is 14.6. The summed E-state index contributed by atoms with van der Waals surface area (Å²) in [6.45, 7) is 5.22. The molecule has 2 N–H and O–H groups in total. The van der Waals surface area contributed by atoms with Gasteiger partial charge in [0, 0.05) is 0 Å². The minimum absolute atomic E-state index is 0.305. The fraction of sp³-hybridized carbons (Fsp3) is 0.889. The first-order valence-corrected chi connectivity index (χ1v) is 6.70. The average molecular weight is 238 g/mol. The predicted octanol–water partition coefficient (Wildman–Crippen LogP) is 1.53. The van der Waals surface area contributed by atoms with Crippen LogP contribution in [-0.4, -0.2) is 28.5 Å². The highest BCUT2D eigenvalue weighted by molar-refractivity contribution is 7.51. The fourth-order valence-electron chi connectivity index (χ4n) is 1.08. The van der Waals surface area contributed by atoms with Gasteiger partial charge in [0.05, 0.1) is 18.2 Å². The van der Waals surface area contributed by atoms with Gasteiger partial charge >= 0.3 is 13.6 Å². The van der Waals surface area contributed by atoms with E-state index in [1.54, 1.807) is 0 Å². The lowest BCUT2D eigenvalue weighted by atomic mass is 9.97. The lowest BCUT2D eigenvalue weighted by molar-refractivity contribution is -0.153. The third kappa shape index (κ3) is 6.66. The third-order valence-electron chi connectivity index (χ3n) is 1.88. The Bertz CT molecular complexity index is 255. The van der Waals surface area contributed by atoms with Crippen molar-refractivity contribution < 1.29 is 23.9 Å². The maximum Gasteiger partial charge on any atom is 0.326 e. The lowest BCUT2D eigenvalue weighted by Gasteiger charge is -2.22. The van der Waals surface area contributed by atoms with Crippen LogP contribution >= 0.6 is 7.60 Å². The molecule has 0 rings (SSSR count). The van der Waals surface area contributed by atoms with E-state index in [0.717, 1.165) is 12.8 Å². The molecule has 0 unspecified atom stereocenters. The number of carbonyl (C=O) groups is 1. The van der Waals surface area contributed by atoms with Crippen molar-refractivity contribution in [2.45, 2.75) is 33.6 Å². The van der Waals surface area contributed by atoms with Crippen LogP contribution in [0.25, 0.3) is 0 Å². The van der Waals surface area contributed by atoms with Crippen molar-refractivity contribution >= 4 is 13.6 Å². The Balaban J connectivity index is 4.20. The van der Waals surface area contributed by atoms with Crippen molar-refractivity contribution in [3.63, 3.8) is 0 Å². The van der Waals surface area contributed by atoms with Crippen LogP contribution in [0.3, 0.4) is 0 Å². The Morgan fingerprint density at radius 2 is 1.93 bits per heavy atom. The van der Waals surface area contributed by atoms with E-state index in [1.807, 2.05) is 6.92 Å². The lowest BCUT2D eigenvalue weighted by Crippen LogP contribution is -2.30. The predicted molar refractivity (Wildman–Crippen MR) is 56.6 cm³/mol. The van der Waals surface area contributed by atoms with Crippen LogP contribution in [0.15, 0.2) is 0 Å². The minimum Gasteiger partial charge on any atom is -0.465 e. The van der Waals surface area contributed by atoms with Crippen molar-refractivity contribution in [2.75, 3.05) is 12.8 Å². The Hall–Kier alpha value is -0.380. The van der Waals surface area contributed by atoms with E-state index in [2.05, 4.69) is 0 Å². The Kier molecular flexibility index (Phi) is 5.49. The van der Waals surface area contributed by atoms with E-state index in [9.17, 15) is 9.36 Å². The molecular formula is C9H19O5P. The van der Waals surface area contributed by atoms with Crippen LogP contribution in [0.2, 0.25) is 0 Å². The molecule has 0 spiro atoms. The van der Waals surface area contributed by atoms with Crippen LogP contribution in [-0.2, 0) is 14.1 Å². The van der Waals surface area contributed by atoms with Gasteiger partial charge in [-0.1, -0.05) is 13.3 Å². The highest BCUT2D eigenvalue weighted by Gasteiger charge is 2.36. The molecule has 0 saturated carbocycles. The van der Waals surface area contributed by atoms with Crippen molar-refractivity contribution in [1.82, 2.24) is 0 Å². The smallest absolute Gasteiger partial charge is 0.326 e. The van der Waals surface area contributed by atoms with Gasteiger partial charge in [-0.2, -0.15) is 0 Å². The minimum atomic E-state index is -4.18. The van der Waals surface area contributed by atoms with Gasteiger partial charge in [-0.05, 0) is 20.3 Å². The number of carbonyl (C=O) groups excluding carboxylic acids is 1. The molecule has 0 aliphatic carbocycles. The van der Waals surface area contributed by atoms with Crippen LogP contribution in [0.5, 0.6) is 0 Å². The fourth-order valence-corrected chi connectivity index (χ4v) is 2.24. The molecule has 0 radical (unpaired) electrons. The van der Waals surface area contributed by atoms with E-state index in [0.29, 0.717) is 6.61 Å². The maximum atomic E-state index is 11.5. The van der Waals surface area contributed by atoms with Gasteiger partial charge in [-0.3, -0.25) is 9.36 Å². The molecule has 0 atom stereocenters. The SMILES string of the molecule is CCCCOC(=O)C(C)(C)CP(=O)(O)O. The summed E-state index contributed by atoms with van der Waals surface area (Å²) in [7, 11) is -4.18. The first-order valence-electron chi connectivity index (χ1n) is 4.91. The summed E-state index contributed by atoms with van der Waals surface area (Å²) >= 11 is 0. The summed E-state index contributed by atoms with van der Waals surface area (Å²) in [5, 5.41) is 0. The molecule has 0 aromatic rings. The van der Waals surface area contributed by atoms with Gasteiger partial charge in [0.25, 0.3) is 0 Å². The maximum absolute atomic E-state index is 11.5.